The number of benzene rings is 1. The average molecular weight is 343 g/mol. The Balaban J connectivity index is 2.25. The Labute approximate surface area is 128 Å². The number of halogens is 1. The predicted octanol–water partition coefficient (Wildman–Crippen LogP) is 3.09. The van der Waals surface area contributed by atoms with Gasteiger partial charge in [0.05, 0.1) is 6.10 Å². The van der Waals surface area contributed by atoms with E-state index in [-0.39, 0.29) is 0 Å². The predicted molar refractivity (Wildman–Crippen MR) is 86.9 cm³/mol. The fraction of sp³-hybridized carbons (Fsp3) is 0.500. The topological polar surface area (TPSA) is 38.5 Å². The van der Waals surface area contributed by atoms with E-state index in [0.717, 1.165) is 48.3 Å². The van der Waals surface area contributed by atoms with Gasteiger partial charge in [-0.15, -0.1) is 0 Å². The van der Waals surface area contributed by atoms with Crippen molar-refractivity contribution < 1.29 is 4.74 Å². The minimum absolute atomic E-state index is 0.318. The number of hydrogen-bond acceptors (Lipinski definition) is 3. The smallest absolute Gasteiger partial charge is 0.106 e. The molecule has 2 rings (SSSR count). The van der Waals surface area contributed by atoms with Crippen LogP contribution in [0.5, 0.6) is 0 Å². The van der Waals surface area contributed by atoms with E-state index in [1.807, 2.05) is 12.1 Å². The summed E-state index contributed by atoms with van der Waals surface area (Å²) in [6, 6.07) is 6.02. The molecule has 0 saturated carbocycles. The Morgan fingerprint density at radius 1 is 1.58 bits per heavy atom. The Hall–Kier alpha value is -0.650. The third-order valence-corrected chi connectivity index (χ3v) is 4.11. The SMILES string of the molecule is CCN(CC1CCCO1)c1cc(Br)ccc1C(N)=S. The summed E-state index contributed by atoms with van der Waals surface area (Å²) >= 11 is 8.66. The molecule has 3 nitrogen and oxygen atoms in total. The van der Waals surface area contributed by atoms with Gasteiger partial charge < -0.3 is 15.4 Å². The van der Waals surface area contributed by atoms with Gasteiger partial charge in [0.15, 0.2) is 0 Å². The summed E-state index contributed by atoms with van der Waals surface area (Å²) in [5.74, 6) is 0. The summed E-state index contributed by atoms with van der Waals surface area (Å²) in [7, 11) is 0. The van der Waals surface area contributed by atoms with Gasteiger partial charge in [0.2, 0.25) is 0 Å². The van der Waals surface area contributed by atoms with E-state index < -0.39 is 0 Å². The zero-order valence-electron chi connectivity index (χ0n) is 11.1. The number of ether oxygens (including phenoxy) is 1. The Kier molecular flexibility index (Phi) is 5.19. The first-order chi connectivity index (χ1) is 9.11. The number of nitrogens with two attached hydrogens (primary N) is 1. The van der Waals surface area contributed by atoms with E-state index >= 15 is 0 Å². The molecule has 19 heavy (non-hydrogen) atoms. The normalized spacial score (nSPS) is 18.5. The van der Waals surface area contributed by atoms with Gasteiger partial charge in [-0.05, 0) is 38.0 Å². The molecule has 1 heterocycles. The molecule has 0 bridgehead atoms. The molecule has 104 valence electrons. The molecule has 1 aliphatic heterocycles. The second-order valence-electron chi connectivity index (χ2n) is 4.70. The highest BCUT2D eigenvalue weighted by Gasteiger charge is 2.20. The molecule has 1 aromatic carbocycles. The standard InChI is InChI=1S/C14H19BrN2OS/c1-2-17(9-11-4-3-7-18-11)13-8-10(15)5-6-12(13)14(16)19/h5-6,8,11H,2-4,7,9H2,1H3,(H2,16,19). The number of nitrogens with zero attached hydrogens (tertiary/aromatic N) is 1. The fourth-order valence-corrected chi connectivity index (χ4v) is 2.93. The van der Waals surface area contributed by atoms with Crippen LogP contribution in [0.3, 0.4) is 0 Å². The molecule has 5 heteroatoms. The Morgan fingerprint density at radius 2 is 2.37 bits per heavy atom. The maximum atomic E-state index is 5.82. The molecular formula is C14H19BrN2OS. The van der Waals surface area contributed by atoms with Gasteiger partial charge in [-0.3, -0.25) is 0 Å². The molecule has 1 saturated heterocycles. The van der Waals surface area contributed by atoms with Gasteiger partial charge in [-0.1, -0.05) is 28.1 Å². The van der Waals surface area contributed by atoms with Crippen LogP contribution in [-0.4, -0.2) is 30.8 Å². The second-order valence-corrected chi connectivity index (χ2v) is 6.05. The molecular weight excluding hydrogens is 324 g/mol. The van der Waals surface area contributed by atoms with Gasteiger partial charge in [-0.2, -0.15) is 0 Å². The van der Waals surface area contributed by atoms with E-state index in [9.17, 15) is 0 Å². The van der Waals surface area contributed by atoms with Crippen molar-refractivity contribution in [2.45, 2.75) is 25.9 Å². The van der Waals surface area contributed by atoms with E-state index in [4.69, 9.17) is 22.7 Å². The molecule has 0 aliphatic carbocycles. The van der Waals surface area contributed by atoms with Crippen molar-refractivity contribution in [2.24, 2.45) is 5.73 Å². The van der Waals surface area contributed by atoms with Crippen molar-refractivity contribution in [1.29, 1.82) is 0 Å². The maximum Gasteiger partial charge on any atom is 0.106 e. The maximum absolute atomic E-state index is 5.82. The second kappa shape index (κ2) is 6.68. The summed E-state index contributed by atoms with van der Waals surface area (Å²) in [6.07, 6.45) is 2.61. The summed E-state index contributed by atoms with van der Waals surface area (Å²) < 4.78 is 6.76. The lowest BCUT2D eigenvalue weighted by molar-refractivity contribution is 0.115. The average Bonchev–Trinajstić information content (AvgIpc) is 2.88. The van der Waals surface area contributed by atoms with Crippen LogP contribution in [0.1, 0.15) is 25.3 Å². The molecule has 1 fully saturated rings. The van der Waals surface area contributed by atoms with E-state index in [0.29, 0.717) is 11.1 Å². The van der Waals surface area contributed by atoms with E-state index in [1.54, 1.807) is 0 Å². The van der Waals surface area contributed by atoms with Crippen molar-refractivity contribution >= 4 is 38.8 Å². The highest BCUT2D eigenvalue weighted by molar-refractivity contribution is 9.10. The van der Waals surface area contributed by atoms with Crippen LogP contribution in [0.15, 0.2) is 22.7 Å². The van der Waals surface area contributed by atoms with Crippen LogP contribution < -0.4 is 10.6 Å². The summed E-state index contributed by atoms with van der Waals surface area (Å²) in [6.45, 7) is 4.82. The summed E-state index contributed by atoms with van der Waals surface area (Å²) in [5, 5.41) is 0. The largest absolute Gasteiger partial charge is 0.389 e. The molecule has 0 radical (unpaired) electrons. The zero-order valence-corrected chi connectivity index (χ0v) is 13.5. The van der Waals surface area contributed by atoms with Gasteiger partial charge in [0.1, 0.15) is 4.99 Å². The molecule has 1 atom stereocenters. The molecule has 0 spiro atoms. The number of anilines is 1. The van der Waals surface area contributed by atoms with Crippen molar-refractivity contribution in [3.05, 3.63) is 28.2 Å². The lowest BCUT2D eigenvalue weighted by Crippen LogP contribution is -2.33. The van der Waals surface area contributed by atoms with Crippen LogP contribution in [0.4, 0.5) is 5.69 Å². The molecule has 0 amide bonds. The lowest BCUT2D eigenvalue weighted by atomic mass is 10.1. The molecule has 1 aromatic rings. The monoisotopic (exact) mass is 342 g/mol. The molecule has 2 N–H and O–H groups in total. The van der Waals surface area contributed by atoms with Crippen LogP contribution in [0.25, 0.3) is 0 Å². The minimum Gasteiger partial charge on any atom is -0.389 e. The minimum atomic E-state index is 0.318. The number of rotatable bonds is 5. The van der Waals surface area contributed by atoms with Crippen molar-refractivity contribution in [3.8, 4) is 0 Å². The molecule has 0 aromatic heterocycles. The highest BCUT2D eigenvalue weighted by Crippen LogP contribution is 2.27. The van der Waals surface area contributed by atoms with Crippen LogP contribution in [-0.2, 0) is 4.74 Å². The summed E-state index contributed by atoms with van der Waals surface area (Å²) in [4.78, 5) is 2.73. The quantitative estimate of drug-likeness (QED) is 0.834. The summed E-state index contributed by atoms with van der Waals surface area (Å²) in [5.41, 5.74) is 7.84. The van der Waals surface area contributed by atoms with Crippen molar-refractivity contribution in [2.75, 3.05) is 24.6 Å². The number of likely N-dealkylation sites (N-methyl/N-ethyl adjacent to an activating group) is 1. The Bertz CT molecular complexity index is 461. The molecule has 1 aliphatic rings. The van der Waals surface area contributed by atoms with Crippen LogP contribution in [0.2, 0.25) is 0 Å². The first-order valence-electron chi connectivity index (χ1n) is 6.57. The first kappa shape index (κ1) is 14.8. The van der Waals surface area contributed by atoms with Crippen LogP contribution >= 0.6 is 28.1 Å². The molecule has 1 unspecified atom stereocenters. The van der Waals surface area contributed by atoms with Gasteiger partial charge in [0, 0.05) is 35.4 Å². The first-order valence-corrected chi connectivity index (χ1v) is 7.78. The van der Waals surface area contributed by atoms with E-state index in [1.165, 1.54) is 0 Å². The highest BCUT2D eigenvalue weighted by atomic mass is 79.9. The van der Waals surface area contributed by atoms with Crippen molar-refractivity contribution in [1.82, 2.24) is 0 Å². The van der Waals surface area contributed by atoms with Gasteiger partial charge in [0.25, 0.3) is 0 Å². The third kappa shape index (κ3) is 3.68. The fourth-order valence-electron chi connectivity index (χ4n) is 2.41. The van der Waals surface area contributed by atoms with Crippen LogP contribution in [0, 0.1) is 0 Å². The number of hydrogen-bond donors (Lipinski definition) is 1. The van der Waals surface area contributed by atoms with Crippen molar-refractivity contribution in [3.63, 3.8) is 0 Å². The van der Waals surface area contributed by atoms with Gasteiger partial charge >= 0.3 is 0 Å². The lowest BCUT2D eigenvalue weighted by Gasteiger charge is -2.28. The third-order valence-electron chi connectivity index (χ3n) is 3.40. The zero-order chi connectivity index (χ0) is 13.8. The van der Waals surface area contributed by atoms with Gasteiger partial charge in [-0.25, -0.2) is 0 Å². The Morgan fingerprint density at radius 3 is 2.95 bits per heavy atom. The number of thiocarbonyl (C=S) groups is 1. The van der Waals surface area contributed by atoms with E-state index in [2.05, 4.69) is 33.8 Å².